The molecule has 2 rings (SSSR count). The second kappa shape index (κ2) is 5.82. The van der Waals surface area contributed by atoms with Gasteiger partial charge in [0, 0.05) is 30.8 Å². The summed E-state index contributed by atoms with van der Waals surface area (Å²) in [7, 11) is 0. The lowest BCUT2D eigenvalue weighted by molar-refractivity contribution is 0.544. The van der Waals surface area contributed by atoms with E-state index in [0.717, 1.165) is 24.2 Å². The van der Waals surface area contributed by atoms with Crippen LogP contribution in [0.5, 0.6) is 0 Å². The summed E-state index contributed by atoms with van der Waals surface area (Å²) in [5, 5.41) is 7.13. The van der Waals surface area contributed by atoms with Crippen LogP contribution in [0.25, 0.3) is 11.4 Å². The highest BCUT2D eigenvalue weighted by atomic mass is 16.1. The molecule has 1 N–H and O–H groups in total. The van der Waals surface area contributed by atoms with Crippen LogP contribution < -0.4 is 5.56 Å². The van der Waals surface area contributed by atoms with E-state index in [1.165, 1.54) is 0 Å². The largest absolute Gasteiger partial charge is 0.316 e. The zero-order chi connectivity index (χ0) is 13.8. The van der Waals surface area contributed by atoms with E-state index >= 15 is 0 Å². The van der Waals surface area contributed by atoms with Crippen molar-refractivity contribution in [2.45, 2.75) is 40.2 Å². The number of nitrogens with one attached hydrogen (secondary N) is 1. The Hall–Kier alpha value is -1.91. The Morgan fingerprint density at radius 2 is 2.21 bits per heavy atom. The molecule has 0 aliphatic heterocycles. The van der Waals surface area contributed by atoms with Gasteiger partial charge in [-0.2, -0.15) is 5.10 Å². The van der Waals surface area contributed by atoms with Gasteiger partial charge in [-0.05, 0) is 18.9 Å². The Labute approximate surface area is 112 Å². The average molecular weight is 260 g/mol. The fourth-order valence-corrected chi connectivity index (χ4v) is 1.90. The van der Waals surface area contributed by atoms with Crippen LogP contribution in [0.4, 0.5) is 0 Å². The molecule has 2 aromatic rings. The molecule has 102 valence electrons. The quantitative estimate of drug-likeness (QED) is 0.896. The van der Waals surface area contributed by atoms with Gasteiger partial charge in [0.2, 0.25) is 0 Å². The highest BCUT2D eigenvalue weighted by molar-refractivity contribution is 5.53. The van der Waals surface area contributed by atoms with Gasteiger partial charge in [-0.15, -0.1) is 0 Å². The van der Waals surface area contributed by atoms with Crippen molar-refractivity contribution in [3.05, 3.63) is 34.5 Å². The summed E-state index contributed by atoms with van der Waals surface area (Å²) in [5.41, 5.74) is 0.745. The number of hydrogen-bond donors (Lipinski definition) is 1. The zero-order valence-corrected chi connectivity index (χ0v) is 11.7. The maximum absolute atomic E-state index is 11.8. The lowest BCUT2D eigenvalue weighted by Gasteiger charge is -2.03. The summed E-state index contributed by atoms with van der Waals surface area (Å²) in [6.07, 6.45) is 3.78. The molecule has 0 aromatic carbocycles. The molecule has 1 unspecified atom stereocenters. The molecule has 0 amide bonds. The molecule has 0 spiro atoms. The normalized spacial score (nSPS) is 12.6. The van der Waals surface area contributed by atoms with Crippen LogP contribution >= 0.6 is 0 Å². The van der Waals surface area contributed by atoms with Gasteiger partial charge in [0.1, 0.15) is 5.82 Å². The predicted molar refractivity (Wildman–Crippen MR) is 74.9 cm³/mol. The van der Waals surface area contributed by atoms with Crippen LogP contribution in [0.2, 0.25) is 0 Å². The molecule has 0 bridgehead atoms. The maximum atomic E-state index is 11.8. The van der Waals surface area contributed by atoms with Crippen LogP contribution in [0.15, 0.2) is 23.1 Å². The van der Waals surface area contributed by atoms with Gasteiger partial charge in [0.25, 0.3) is 5.56 Å². The molecule has 2 aromatic heterocycles. The zero-order valence-electron chi connectivity index (χ0n) is 11.7. The Morgan fingerprint density at radius 1 is 1.42 bits per heavy atom. The van der Waals surface area contributed by atoms with E-state index in [1.807, 2.05) is 13.0 Å². The molecule has 0 aliphatic rings. The minimum atomic E-state index is -0.0201. The van der Waals surface area contributed by atoms with Crippen molar-refractivity contribution in [1.29, 1.82) is 0 Å². The summed E-state index contributed by atoms with van der Waals surface area (Å²) in [4.78, 5) is 16.2. The van der Waals surface area contributed by atoms with Gasteiger partial charge in [-0.3, -0.25) is 9.89 Å². The predicted octanol–water partition coefficient (Wildman–Crippen LogP) is 2.24. The van der Waals surface area contributed by atoms with Crippen LogP contribution in [0, 0.1) is 5.92 Å². The van der Waals surface area contributed by atoms with Crippen LogP contribution in [-0.4, -0.2) is 19.7 Å². The minimum Gasteiger partial charge on any atom is -0.316 e. The number of aromatic amines is 1. The van der Waals surface area contributed by atoms with E-state index in [1.54, 1.807) is 16.8 Å². The van der Waals surface area contributed by atoms with Gasteiger partial charge in [0.15, 0.2) is 5.82 Å². The highest BCUT2D eigenvalue weighted by Gasteiger charge is 2.09. The molecule has 0 saturated heterocycles. The summed E-state index contributed by atoms with van der Waals surface area (Å²) in [6, 6.07) is 3.46. The second-order valence-corrected chi connectivity index (χ2v) is 4.86. The number of aromatic nitrogens is 4. The lowest BCUT2D eigenvalue weighted by Crippen LogP contribution is -2.17. The monoisotopic (exact) mass is 260 g/mol. The third-order valence-corrected chi connectivity index (χ3v) is 3.37. The molecule has 1 atom stereocenters. The fourth-order valence-electron chi connectivity index (χ4n) is 1.90. The van der Waals surface area contributed by atoms with Crippen LogP contribution in [0.1, 0.15) is 33.0 Å². The van der Waals surface area contributed by atoms with Gasteiger partial charge >= 0.3 is 0 Å². The molecule has 5 nitrogen and oxygen atoms in total. The van der Waals surface area contributed by atoms with Crippen molar-refractivity contribution < 1.29 is 0 Å². The molecule has 5 heteroatoms. The van der Waals surface area contributed by atoms with Crippen molar-refractivity contribution in [3.8, 4) is 11.4 Å². The molecule has 0 saturated carbocycles. The van der Waals surface area contributed by atoms with E-state index in [2.05, 4.69) is 29.0 Å². The van der Waals surface area contributed by atoms with E-state index in [0.29, 0.717) is 18.3 Å². The molecule has 19 heavy (non-hydrogen) atoms. The molecule has 0 fully saturated rings. The molecule has 0 aliphatic carbocycles. The van der Waals surface area contributed by atoms with Gasteiger partial charge in [-0.25, -0.2) is 4.98 Å². The van der Waals surface area contributed by atoms with E-state index < -0.39 is 0 Å². The number of H-pyrrole nitrogens is 1. The van der Waals surface area contributed by atoms with Crippen LogP contribution in [0.3, 0.4) is 0 Å². The molecular weight excluding hydrogens is 240 g/mol. The summed E-state index contributed by atoms with van der Waals surface area (Å²) in [6.45, 7) is 6.96. The van der Waals surface area contributed by atoms with Crippen molar-refractivity contribution in [2.24, 2.45) is 5.92 Å². The van der Waals surface area contributed by atoms with E-state index in [9.17, 15) is 4.79 Å². The first-order chi connectivity index (χ1) is 9.13. The number of pyridine rings is 1. The first-order valence-electron chi connectivity index (χ1n) is 6.76. The number of rotatable bonds is 5. The number of nitrogens with zero attached hydrogens (tertiary/aromatic N) is 3. The third kappa shape index (κ3) is 3.10. The molecule has 0 radical (unpaired) electrons. The van der Waals surface area contributed by atoms with E-state index in [-0.39, 0.29) is 5.56 Å². The highest BCUT2D eigenvalue weighted by Crippen LogP contribution is 2.14. The summed E-state index contributed by atoms with van der Waals surface area (Å²) in [5.74, 6) is 2.05. The maximum Gasteiger partial charge on any atom is 0.251 e. The average Bonchev–Trinajstić information content (AvgIpc) is 2.87. The van der Waals surface area contributed by atoms with Gasteiger partial charge in [-0.1, -0.05) is 20.3 Å². The Morgan fingerprint density at radius 3 is 2.84 bits per heavy atom. The molecule has 2 heterocycles. The van der Waals surface area contributed by atoms with Crippen LogP contribution in [-0.2, 0) is 13.0 Å². The van der Waals surface area contributed by atoms with Gasteiger partial charge < -0.3 is 4.57 Å². The Bertz CT molecular complexity index is 599. The number of aryl methyl sites for hydroxylation is 1. The SMILES string of the molecule is CCC(C)Cc1nc(-c2ccn(CC)c(=O)c2)n[nH]1. The smallest absolute Gasteiger partial charge is 0.251 e. The third-order valence-electron chi connectivity index (χ3n) is 3.37. The summed E-state index contributed by atoms with van der Waals surface area (Å²) < 4.78 is 1.65. The van der Waals surface area contributed by atoms with Crippen molar-refractivity contribution in [1.82, 2.24) is 19.7 Å². The lowest BCUT2D eigenvalue weighted by atomic mass is 10.1. The number of hydrogen-bond acceptors (Lipinski definition) is 3. The second-order valence-electron chi connectivity index (χ2n) is 4.86. The van der Waals surface area contributed by atoms with Crippen molar-refractivity contribution in [2.75, 3.05) is 0 Å². The summed E-state index contributed by atoms with van der Waals surface area (Å²) >= 11 is 0. The first kappa shape index (κ1) is 13.5. The Balaban J connectivity index is 2.23. The first-order valence-corrected chi connectivity index (χ1v) is 6.76. The Kier molecular flexibility index (Phi) is 4.14. The molecular formula is C14H20N4O. The van der Waals surface area contributed by atoms with Gasteiger partial charge in [0.05, 0.1) is 0 Å². The van der Waals surface area contributed by atoms with E-state index in [4.69, 9.17) is 0 Å². The topological polar surface area (TPSA) is 63.6 Å². The minimum absolute atomic E-state index is 0.0201. The standard InChI is InChI=1S/C14H20N4O/c1-4-10(3)8-12-15-14(17-16-12)11-6-7-18(5-2)13(19)9-11/h6-7,9-10H,4-5,8H2,1-3H3,(H,15,16,17). The van der Waals surface area contributed by atoms with Crippen molar-refractivity contribution >= 4 is 0 Å². The fraction of sp³-hybridized carbons (Fsp3) is 0.500. The van der Waals surface area contributed by atoms with Crippen molar-refractivity contribution in [3.63, 3.8) is 0 Å².